The molecule has 26 heavy (non-hydrogen) atoms. The minimum Gasteiger partial charge on any atom is -0.379 e. The van der Waals surface area contributed by atoms with Crippen molar-refractivity contribution in [3.05, 3.63) is 54.9 Å². The van der Waals surface area contributed by atoms with Gasteiger partial charge in [0.25, 0.3) is 0 Å². The number of nitrogens with one attached hydrogen (secondary N) is 1. The highest BCUT2D eigenvalue weighted by atomic mass is 19.1. The second-order valence-electron chi connectivity index (χ2n) is 6.35. The summed E-state index contributed by atoms with van der Waals surface area (Å²) in [5, 5.41) is 5.79. The van der Waals surface area contributed by atoms with Gasteiger partial charge in [-0.05, 0) is 36.2 Å². The number of hydrogen-bond acceptors (Lipinski definition) is 4. The maximum atomic E-state index is 13.3. The van der Waals surface area contributed by atoms with Crippen molar-refractivity contribution in [1.82, 2.24) is 24.7 Å². The van der Waals surface area contributed by atoms with Gasteiger partial charge < -0.3 is 9.72 Å². The van der Waals surface area contributed by atoms with E-state index in [1.807, 2.05) is 29.2 Å². The minimum absolute atomic E-state index is 0.200. The highest BCUT2D eigenvalue weighted by Gasteiger charge is 2.23. The van der Waals surface area contributed by atoms with Gasteiger partial charge in [-0.15, -0.1) is 0 Å². The summed E-state index contributed by atoms with van der Waals surface area (Å²) in [6, 6.07) is 7.23. The molecule has 1 fully saturated rings. The van der Waals surface area contributed by atoms with Crippen LogP contribution in [0.15, 0.2) is 49.1 Å². The van der Waals surface area contributed by atoms with Crippen LogP contribution in [0.3, 0.4) is 0 Å². The molecule has 0 aromatic carbocycles. The fraction of sp³-hybridized carbons (Fsp3) is 0.211. The molecule has 1 aliphatic rings. The minimum atomic E-state index is -0.365. The molecule has 5 heterocycles. The summed E-state index contributed by atoms with van der Waals surface area (Å²) in [5.41, 5.74) is 4.15. The summed E-state index contributed by atoms with van der Waals surface area (Å²) in [7, 11) is 0. The van der Waals surface area contributed by atoms with E-state index >= 15 is 0 Å². The zero-order valence-corrected chi connectivity index (χ0v) is 13.9. The van der Waals surface area contributed by atoms with Crippen molar-refractivity contribution in [2.45, 2.75) is 12.5 Å². The topological polar surface area (TPSA) is 68.6 Å². The van der Waals surface area contributed by atoms with E-state index in [2.05, 4.69) is 15.0 Å². The van der Waals surface area contributed by atoms with Gasteiger partial charge in [-0.2, -0.15) is 5.10 Å². The molecule has 1 unspecified atom stereocenters. The molecule has 7 heteroatoms. The van der Waals surface area contributed by atoms with Crippen LogP contribution in [0.4, 0.5) is 4.39 Å². The van der Waals surface area contributed by atoms with Crippen molar-refractivity contribution in [3.8, 4) is 22.5 Å². The highest BCUT2D eigenvalue weighted by Crippen LogP contribution is 2.35. The van der Waals surface area contributed by atoms with Gasteiger partial charge in [0, 0.05) is 36.1 Å². The van der Waals surface area contributed by atoms with Crippen LogP contribution in [0.5, 0.6) is 0 Å². The molecule has 0 radical (unpaired) electrons. The van der Waals surface area contributed by atoms with E-state index in [1.54, 1.807) is 12.3 Å². The van der Waals surface area contributed by atoms with Gasteiger partial charge in [-0.1, -0.05) is 0 Å². The number of pyridine rings is 2. The molecule has 0 spiro atoms. The number of H-pyrrole nitrogens is 1. The number of aromatic nitrogens is 5. The first kappa shape index (κ1) is 15.2. The molecule has 1 N–H and O–H groups in total. The van der Waals surface area contributed by atoms with Gasteiger partial charge in [0.2, 0.25) is 0 Å². The van der Waals surface area contributed by atoms with E-state index in [0.717, 1.165) is 40.9 Å². The first-order valence-electron chi connectivity index (χ1n) is 8.51. The smallest absolute Gasteiger partial charge is 0.141 e. The third-order valence-corrected chi connectivity index (χ3v) is 4.73. The summed E-state index contributed by atoms with van der Waals surface area (Å²) < 4.78 is 20.8. The maximum Gasteiger partial charge on any atom is 0.141 e. The molecular formula is C19H16FN5O. The molecule has 0 amide bonds. The third kappa shape index (κ3) is 2.48. The first-order chi connectivity index (χ1) is 12.8. The Kier molecular flexibility index (Phi) is 3.53. The molecule has 1 aliphatic heterocycles. The number of fused-ring (bicyclic) bond motifs is 1. The maximum absolute atomic E-state index is 13.3. The van der Waals surface area contributed by atoms with E-state index in [9.17, 15) is 4.39 Å². The summed E-state index contributed by atoms with van der Waals surface area (Å²) in [6.45, 7) is 1.38. The predicted molar refractivity (Wildman–Crippen MR) is 95.0 cm³/mol. The lowest BCUT2D eigenvalue weighted by atomic mass is 10.0. The Morgan fingerprint density at radius 3 is 2.92 bits per heavy atom. The van der Waals surface area contributed by atoms with Crippen LogP contribution in [0, 0.1) is 5.82 Å². The zero-order chi connectivity index (χ0) is 17.5. The van der Waals surface area contributed by atoms with E-state index in [0.29, 0.717) is 12.3 Å². The van der Waals surface area contributed by atoms with E-state index in [4.69, 9.17) is 9.84 Å². The zero-order valence-electron chi connectivity index (χ0n) is 13.9. The lowest BCUT2D eigenvalue weighted by Gasteiger charge is -2.07. The molecule has 0 saturated carbocycles. The summed E-state index contributed by atoms with van der Waals surface area (Å²) in [5.74, 6) is -0.365. The molecule has 1 atom stereocenters. The fourth-order valence-electron chi connectivity index (χ4n) is 3.41. The predicted octanol–water partition coefficient (Wildman–Crippen LogP) is 3.59. The Bertz CT molecular complexity index is 1060. The molecule has 4 aromatic rings. The number of nitrogens with zero attached hydrogens (tertiary/aromatic N) is 4. The number of rotatable bonds is 3. The van der Waals surface area contributed by atoms with E-state index in [-0.39, 0.29) is 11.9 Å². The fourth-order valence-corrected chi connectivity index (χ4v) is 3.41. The van der Waals surface area contributed by atoms with Gasteiger partial charge in [-0.3, -0.25) is 9.67 Å². The number of aromatic amines is 1. The summed E-state index contributed by atoms with van der Waals surface area (Å²) in [6.07, 6.45) is 7.81. The number of hydrogen-bond donors (Lipinski definition) is 1. The second kappa shape index (κ2) is 6.03. The molecular weight excluding hydrogens is 333 g/mol. The van der Waals surface area contributed by atoms with E-state index in [1.165, 1.54) is 12.3 Å². The van der Waals surface area contributed by atoms with Crippen molar-refractivity contribution < 1.29 is 9.13 Å². The normalized spacial score (nSPS) is 17.2. The molecule has 1 saturated heterocycles. The van der Waals surface area contributed by atoms with Crippen molar-refractivity contribution in [3.63, 3.8) is 0 Å². The van der Waals surface area contributed by atoms with Crippen molar-refractivity contribution in [1.29, 1.82) is 0 Å². The van der Waals surface area contributed by atoms with Crippen LogP contribution in [-0.2, 0) is 4.74 Å². The average Bonchev–Trinajstić information content (AvgIpc) is 3.41. The SMILES string of the molecule is Fc1ccc(-c2nn(C3CCOC3)cc2-c2ccnc3[nH]ccc23)nc1. The molecule has 5 rings (SSSR count). The van der Waals surface area contributed by atoms with Crippen molar-refractivity contribution in [2.75, 3.05) is 13.2 Å². The Morgan fingerprint density at radius 2 is 2.12 bits per heavy atom. The lowest BCUT2D eigenvalue weighted by molar-refractivity contribution is 0.184. The van der Waals surface area contributed by atoms with Crippen LogP contribution in [0.1, 0.15) is 12.5 Å². The molecule has 6 nitrogen and oxygen atoms in total. The second-order valence-corrected chi connectivity index (χ2v) is 6.35. The number of halogens is 1. The molecule has 0 aliphatic carbocycles. The summed E-state index contributed by atoms with van der Waals surface area (Å²) in [4.78, 5) is 11.7. The van der Waals surface area contributed by atoms with Gasteiger partial charge in [0.1, 0.15) is 17.2 Å². The van der Waals surface area contributed by atoms with Crippen LogP contribution < -0.4 is 0 Å². The lowest BCUT2D eigenvalue weighted by Crippen LogP contribution is -2.09. The van der Waals surface area contributed by atoms with Crippen LogP contribution in [0.2, 0.25) is 0 Å². The average molecular weight is 349 g/mol. The highest BCUT2D eigenvalue weighted by molar-refractivity contribution is 5.96. The monoisotopic (exact) mass is 349 g/mol. The first-order valence-corrected chi connectivity index (χ1v) is 8.51. The number of ether oxygens (including phenoxy) is 1. The Morgan fingerprint density at radius 1 is 1.15 bits per heavy atom. The summed E-state index contributed by atoms with van der Waals surface area (Å²) >= 11 is 0. The van der Waals surface area contributed by atoms with Gasteiger partial charge >= 0.3 is 0 Å². The van der Waals surface area contributed by atoms with Crippen LogP contribution in [-0.4, -0.2) is 37.9 Å². The van der Waals surface area contributed by atoms with Crippen molar-refractivity contribution >= 4 is 11.0 Å². The molecule has 0 bridgehead atoms. The van der Waals surface area contributed by atoms with Crippen LogP contribution in [0.25, 0.3) is 33.5 Å². The van der Waals surface area contributed by atoms with E-state index < -0.39 is 0 Å². The standard InChI is InChI=1S/C19H16FN5O/c20-12-1-2-17(23-9-12)18-16(10-25(24-18)13-5-8-26-11-13)14-3-6-21-19-15(14)4-7-22-19/h1-4,6-7,9-10,13H,5,8,11H2,(H,21,22). The van der Waals surface area contributed by atoms with Gasteiger partial charge in [-0.25, -0.2) is 9.37 Å². The van der Waals surface area contributed by atoms with Crippen LogP contribution >= 0.6 is 0 Å². The Balaban J connectivity index is 1.72. The Labute approximate surface area is 148 Å². The third-order valence-electron chi connectivity index (χ3n) is 4.73. The quantitative estimate of drug-likeness (QED) is 0.614. The van der Waals surface area contributed by atoms with Gasteiger partial charge in [0.05, 0.1) is 24.5 Å². The molecule has 130 valence electrons. The van der Waals surface area contributed by atoms with Gasteiger partial charge in [0.15, 0.2) is 0 Å². The molecule has 4 aromatic heterocycles. The Hall–Kier alpha value is -3.06. The van der Waals surface area contributed by atoms with Crippen molar-refractivity contribution in [2.24, 2.45) is 0 Å². The largest absolute Gasteiger partial charge is 0.379 e.